The predicted molar refractivity (Wildman–Crippen MR) is 77.2 cm³/mol. The molecule has 5 nitrogen and oxygen atoms in total. The highest BCUT2D eigenvalue weighted by Crippen LogP contribution is 2.22. The number of pyridine rings is 1. The van der Waals surface area contributed by atoms with Gasteiger partial charge in [-0.3, -0.25) is 4.72 Å². The average Bonchev–Trinajstić information content (AvgIpc) is 2.38. The van der Waals surface area contributed by atoms with E-state index in [1.807, 2.05) is 42.3 Å². The molecule has 0 aliphatic rings. The van der Waals surface area contributed by atoms with Gasteiger partial charge in [0.05, 0.1) is 18.1 Å². The number of rotatable bonds is 4. The van der Waals surface area contributed by atoms with Crippen molar-refractivity contribution < 1.29 is 8.42 Å². The Kier molecular flexibility index (Phi) is 3.71. The van der Waals surface area contributed by atoms with Crippen molar-refractivity contribution in [3.05, 3.63) is 48.7 Å². The van der Waals surface area contributed by atoms with E-state index in [1.54, 1.807) is 12.1 Å². The average molecular weight is 277 g/mol. The van der Waals surface area contributed by atoms with Crippen LogP contribution in [-0.4, -0.2) is 26.7 Å². The van der Waals surface area contributed by atoms with Gasteiger partial charge in [-0.1, -0.05) is 18.2 Å². The highest BCUT2D eigenvalue weighted by molar-refractivity contribution is 7.92. The van der Waals surface area contributed by atoms with Crippen molar-refractivity contribution >= 4 is 27.2 Å². The first-order chi connectivity index (χ1) is 8.96. The van der Waals surface area contributed by atoms with Gasteiger partial charge in [-0.15, -0.1) is 0 Å². The van der Waals surface area contributed by atoms with Crippen molar-refractivity contribution in [3.63, 3.8) is 0 Å². The maximum Gasteiger partial charge on any atom is 0.229 e. The number of nitrogens with one attached hydrogen (secondary N) is 1. The number of benzene rings is 1. The van der Waals surface area contributed by atoms with Crippen molar-refractivity contribution in [2.24, 2.45) is 0 Å². The summed E-state index contributed by atoms with van der Waals surface area (Å²) >= 11 is 0. The highest BCUT2D eigenvalue weighted by atomic mass is 32.2. The number of hydrogen-bond donors (Lipinski definition) is 1. The van der Waals surface area contributed by atoms with Gasteiger partial charge in [-0.2, -0.15) is 0 Å². The molecule has 1 heterocycles. The summed E-state index contributed by atoms with van der Waals surface area (Å²) in [5.41, 5.74) is 1.46. The summed E-state index contributed by atoms with van der Waals surface area (Å²) in [5.74, 6) is 0.741. The Bertz CT molecular complexity index is 639. The second kappa shape index (κ2) is 5.27. The largest absolute Gasteiger partial charge is 0.329 e. The summed E-state index contributed by atoms with van der Waals surface area (Å²) in [6, 6.07) is 13.2. The Balaban J connectivity index is 2.19. The molecule has 1 N–H and O–H groups in total. The monoisotopic (exact) mass is 277 g/mol. The van der Waals surface area contributed by atoms with Crippen LogP contribution >= 0.6 is 0 Å². The normalized spacial score (nSPS) is 11.1. The molecule has 19 heavy (non-hydrogen) atoms. The van der Waals surface area contributed by atoms with Gasteiger partial charge in [0, 0.05) is 12.7 Å². The summed E-state index contributed by atoms with van der Waals surface area (Å²) < 4.78 is 24.6. The van der Waals surface area contributed by atoms with E-state index < -0.39 is 10.0 Å². The molecule has 0 radical (unpaired) electrons. The molecule has 0 aliphatic carbocycles. The van der Waals surface area contributed by atoms with Crippen LogP contribution in [0.2, 0.25) is 0 Å². The van der Waals surface area contributed by atoms with Crippen molar-refractivity contribution in [1.29, 1.82) is 0 Å². The summed E-state index contributed by atoms with van der Waals surface area (Å²) in [7, 11) is -1.36. The first-order valence-electron chi connectivity index (χ1n) is 5.68. The maximum atomic E-state index is 11.1. The van der Waals surface area contributed by atoms with Crippen molar-refractivity contribution in [3.8, 4) is 0 Å². The lowest BCUT2D eigenvalue weighted by atomic mass is 10.3. The summed E-state index contributed by atoms with van der Waals surface area (Å²) in [6.45, 7) is 0. The SMILES string of the molecule is CN(c1ccccc1)c1ccc(NS(C)(=O)=O)cn1. The molecule has 0 saturated heterocycles. The molecule has 0 saturated carbocycles. The fourth-order valence-corrected chi connectivity index (χ4v) is 2.19. The van der Waals surface area contributed by atoms with E-state index in [0.29, 0.717) is 5.69 Å². The van der Waals surface area contributed by atoms with Gasteiger partial charge in [-0.05, 0) is 24.3 Å². The van der Waals surface area contributed by atoms with E-state index >= 15 is 0 Å². The Morgan fingerprint density at radius 1 is 1.11 bits per heavy atom. The van der Waals surface area contributed by atoms with Crippen LogP contribution in [0, 0.1) is 0 Å². The molecule has 0 spiro atoms. The minimum absolute atomic E-state index is 0.452. The second-order valence-electron chi connectivity index (χ2n) is 4.17. The third kappa shape index (κ3) is 3.69. The minimum atomic E-state index is -3.27. The summed E-state index contributed by atoms with van der Waals surface area (Å²) in [6.07, 6.45) is 2.60. The first kappa shape index (κ1) is 13.4. The lowest BCUT2D eigenvalue weighted by molar-refractivity contribution is 0.607. The Morgan fingerprint density at radius 3 is 2.32 bits per heavy atom. The van der Waals surface area contributed by atoms with E-state index in [4.69, 9.17) is 0 Å². The fraction of sp³-hybridized carbons (Fsp3) is 0.154. The molecule has 6 heteroatoms. The molecule has 0 unspecified atom stereocenters. The van der Waals surface area contributed by atoms with Crippen LogP contribution in [0.1, 0.15) is 0 Å². The molecule has 0 atom stereocenters. The molecular weight excluding hydrogens is 262 g/mol. The maximum absolute atomic E-state index is 11.1. The third-order valence-corrected chi connectivity index (χ3v) is 3.14. The van der Waals surface area contributed by atoms with Gasteiger partial charge < -0.3 is 4.90 Å². The van der Waals surface area contributed by atoms with E-state index in [0.717, 1.165) is 17.8 Å². The Labute approximate surface area is 113 Å². The molecule has 2 aromatic rings. The smallest absolute Gasteiger partial charge is 0.229 e. The highest BCUT2D eigenvalue weighted by Gasteiger charge is 2.06. The summed E-state index contributed by atoms with van der Waals surface area (Å²) in [4.78, 5) is 6.16. The molecule has 0 aliphatic heterocycles. The van der Waals surface area contributed by atoms with E-state index in [2.05, 4.69) is 9.71 Å². The fourth-order valence-electron chi connectivity index (χ4n) is 1.64. The van der Waals surface area contributed by atoms with Crippen molar-refractivity contribution in [1.82, 2.24) is 4.98 Å². The van der Waals surface area contributed by atoms with Crippen LogP contribution in [0.5, 0.6) is 0 Å². The molecule has 2 rings (SSSR count). The van der Waals surface area contributed by atoms with Crippen molar-refractivity contribution in [2.75, 3.05) is 22.9 Å². The number of sulfonamides is 1. The van der Waals surface area contributed by atoms with Gasteiger partial charge >= 0.3 is 0 Å². The molecule has 0 fully saturated rings. The van der Waals surface area contributed by atoms with Gasteiger partial charge in [0.15, 0.2) is 0 Å². The number of nitrogens with zero attached hydrogens (tertiary/aromatic N) is 2. The predicted octanol–water partition coefficient (Wildman–Crippen LogP) is 2.22. The van der Waals surface area contributed by atoms with Gasteiger partial charge in [-0.25, -0.2) is 13.4 Å². The Morgan fingerprint density at radius 2 is 1.79 bits per heavy atom. The topological polar surface area (TPSA) is 62.3 Å². The zero-order chi connectivity index (χ0) is 13.9. The van der Waals surface area contributed by atoms with Crippen LogP contribution < -0.4 is 9.62 Å². The molecule has 1 aromatic carbocycles. The number of para-hydroxylation sites is 1. The van der Waals surface area contributed by atoms with Crippen LogP contribution in [-0.2, 0) is 10.0 Å². The Hall–Kier alpha value is -2.08. The first-order valence-corrected chi connectivity index (χ1v) is 7.57. The number of anilines is 3. The van der Waals surface area contributed by atoms with Crippen LogP contribution in [0.25, 0.3) is 0 Å². The summed E-state index contributed by atoms with van der Waals surface area (Å²) in [5, 5.41) is 0. The van der Waals surface area contributed by atoms with E-state index in [-0.39, 0.29) is 0 Å². The lowest BCUT2D eigenvalue weighted by Gasteiger charge is -2.18. The van der Waals surface area contributed by atoms with Crippen LogP contribution in [0.15, 0.2) is 48.7 Å². The quantitative estimate of drug-likeness (QED) is 0.930. The molecule has 0 amide bonds. The van der Waals surface area contributed by atoms with Crippen LogP contribution in [0.3, 0.4) is 0 Å². The second-order valence-corrected chi connectivity index (χ2v) is 5.92. The minimum Gasteiger partial charge on any atom is -0.329 e. The standard InChI is InChI=1S/C13H15N3O2S/c1-16(12-6-4-3-5-7-12)13-9-8-11(10-14-13)15-19(2,17)18/h3-10,15H,1-2H3. The molecule has 1 aromatic heterocycles. The number of hydrogen-bond acceptors (Lipinski definition) is 4. The zero-order valence-electron chi connectivity index (χ0n) is 10.7. The van der Waals surface area contributed by atoms with Gasteiger partial charge in [0.2, 0.25) is 10.0 Å². The van der Waals surface area contributed by atoms with Gasteiger partial charge in [0.25, 0.3) is 0 Å². The van der Waals surface area contributed by atoms with E-state index in [9.17, 15) is 8.42 Å². The van der Waals surface area contributed by atoms with Gasteiger partial charge in [0.1, 0.15) is 5.82 Å². The molecular formula is C13H15N3O2S. The zero-order valence-corrected chi connectivity index (χ0v) is 11.6. The molecule has 100 valence electrons. The van der Waals surface area contributed by atoms with E-state index in [1.165, 1.54) is 6.20 Å². The molecule has 0 bridgehead atoms. The van der Waals surface area contributed by atoms with Crippen molar-refractivity contribution in [2.45, 2.75) is 0 Å². The third-order valence-electron chi connectivity index (χ3n) is 2.54. The van der Waals surface area contributed by atoms with Crippen LogP contribution in [0.4, 0.5) is 17.2 Å². The lowest BCUT2D eigenvalue weighted by Crippen LogP contribution is -2.12. The number of aromatic nitrogens is 1.